The predicted octanol–water partition coefficient (Wildman–Crippen LogP) is 1.59. The summed E-state index contributed by atoms with van der Waals surface area (Å²) in [5.41, 5.74) is 2.69. The van der Waals surface area contributed by atoms with Gasteiger partial charge in [-0.2, -0.15) is 17.9 Å². The number of benzene rings is 1. The number of hydrogen-bond donors (Lipinski definition) is 1. The van der Waals surface area contributed by atoms with E-state index in [-0.39, 0.29) is 5.75 Å². The Bertz CT molecular complexity index is 825. The maximum absolute atomic E-state index is 12.0. The molecule has 0 aliphatic heterocycles. The van der Waals surface area contributed by atoms with E-state index in [1.54, 1.807) is 5.32 Å². The maximum Gasteiger partial charge on any atom is 0.405 e. The fourth-order valence-electron chi connectivity index (χ4n) is 1.93. The van der Waals surface area contributed by atoms with Crippen LogP contribution in [0.5, 0.6) is 0 Å². The number of nitrogens with zero attached hydrogens (tertiary/aromatic N) is 4. The van der Waals surface area contributed by atoms with Crippen LogP contribution in [0, 0.1) is 13.8 Å². The quantitative estimate of drug-likeness (QED) is 0.554. The van der Waals surface area contributed by atoms with E-state index in [1.807, 2.05) is 32.0 Å². The van der Waals surface area contributed by atoms with E-state index in [9.17, 15) is 22.8 Å². The van der Waals surface area contributed by atoms with Gasteiger partial charge in [-0.25, -0.2) is 0 Å². The van der Waals surface area contributed by atoms with Crippen molar-refractivity contribution >= 4 is 23.6 Å². The molecule has 0 unspecified atom stereocenters. The van der Waals surface area contributed by atoms with E-state index in [4.69, 9.17) is 0 Å². The summed E-state index contributed by atoms with van der Waals surface area (Å²) in [6.45, 7) is 1.53. The summed E-state index contributed by atoms with van der Waals surface area (Å²) in [6, 6.07) is 5.74. The van der Waals surface area contributed by atoms with Gasteiger partial charge >= 0.3 is 12.1 Å². The third kappa shape index (κ3) is 6.55. The molecule has 1 aromatic carbocycles. The molecule has 146 valence electrons. The van der Waals surface area contributed by atoms with Crippen LogP contribution < -0.4 is 5.32 Å². The molecule has 0 saturated carbocycles. The number of hydrogen-bond acceptors (Lipinski definition) is 7. The Balaban J connectivity index is 1.87. The van der Waals surface area contributed by atoms with E-state index in [1.165, 1.54) is 4.68 Å². The highest BCUT2D eigenvalue weighted by Crippen LogP contribution is 2.21. The number of ether oxygens (including phenoxy) is 1. The molecule has 1 N–H and O–H groups in total. The van der Waals surface area contributed by atoms with E-state index in [2.05, 4.69) is 20.3 Å². The topological polar surface area (TPSA) is 99.0 Å². The Morgan fingerprint density at radius 2 is 2.04 bits per heavy atom. The summed E-state index contributed by atoms with van der Waals surface area (Å²) >= 11 is 0.981. The number of amides is 1. The Kier molecular flexibility index (Phi) is 6.77. The molecule has 0 spiro atoms. The standard InChI is InChI=1S/C15H16F3N5O3S/c1-9-3-4-10(2)11(5-9)23-14(20-21-22-23)27-7-13(25)26-6-12(24)19-8-15(16,17)18/h3-5H,6-8H2,1-2H3,(H,19,24). The molecule has 0 bridgehead atoms. The first-order valence-corrected chi connectivity index (χ1v) is 8.62. The van der Waals surface area contributed by atoms with Gasteiger partial charge in [0.1, 0.15) is 6.54 Å². The number of nitrogens with one attached hydrogen (secondary N) is 1. The Morgan fingerprint density at radius 3 is 2.74 bits per heavy atom. The minimum Gasteiger partial charge on any atom is -0.455 e. The summed E-state index contributed by atoms with van der Waals surface area (Å²) in [5.74, 6) is -2.03. The zero-order valence-electron chi connectivity index (χ0n) is 14.4. The summed E-state index contributed by atoms with van der Waals surface area (Å²) in [5, 5.41) is 13.3. The molecule has 0 aliphatic carbocycles. The van der Waals surface area contributed by atoms with Crippen molar-refractivity contribution in [1.82, 2.24) is 25.5 Å². The number of alkyl halides is 3. The molecule has 1 amide bonds. The molecule has 0 fully saturated rings. The Hall–Kier alpha value is -2.63. The van der Waals surface area contributed by atoms with Crippen LogP contribution in [0.15, 0.2) is 23.4 Å². The highest BCUT2D eigenvalue weighted by Gasteiger charge is 2.27. The van der Waals surface area contributed by atoms with Crippen molar-refractivity contribution in [2.75, 3.05) is 18.9 Å². The maximum atomic E-state index is 12.0. The summed E-state index contributed by atoms with van der Waals surface area (Å²) in [4.78, 5) is 22.9. The van der Waals surface area contributed by atoms with Crippen molar-refractivity contribution < 1.29 is 27.5 Å². The zero-order valence-corrected chi connectivity index (χ0v) is 15.2. The third-order valence-electron chi connectivity index (χ3n) is 3.20. The van der Waals surface area contributed by atoms with Crippen molar-refractivity contribution in [1.29, 1.82) is 0 Å². The lowest BCUT2D eigenvalue weighted by atomic mass is 10.1. The lowest BCUT2D eigenvalue weighted by Gasteiger charge is -2.09. The number of aryl methyl sites for hydroxylation is 2. The fourth-order valence-corrected chi connectivity index (χ4v) is 2.61. The van der Waals surface area contributed by atoms with Crippen LogP contribution in [-0.2, 0) is 14.3 Å². The molecule has 2 aromatic rings. The second-order valence-corrected chi connectivity index (χ2v) is 6.45. The van der Waals surface area contributed by atoms with Gasteiger partial charge in [-0.3, -0.25) is 9.59 Å². The van der Waals surface area contributed by atoms with Gasteiger partial charge in [-0.15, -0.1) is 5.10 Å². The van der Waals surface area contributed by atoms with Gasteiger partial charge in [-0.05, 0) is 41.5 Å². The fraction of sp³-hybridized carbons (Fsp3) is 0.400. The average Bonchev–Trinajstić information content (AvgIpc) is 3.06. The Labute approximate surface area is 156 Å². The summed E-state index contributed by atoms with van der Waals surface area (Å²) in [7, 11) is 0. The van der Waals surface area contributed by atoms with Gasteiger partial charge in [0.05, 0.1) is 11.4 Å². The monoisotopic (exact) mass is 403 g/mol. The van der Waals surface area contributed by atoms with Crippen LogP contribution in [0.1, 0.15) is 11.1 Å². The van der Waals surface area contributed by atoms with Gasteiger partial charge in [0.15, 0.2) is 6.61 Å². The van der Waals surface area contributed by atoms with Gasteiger partial charge in [0.25, 0.3) is 5.91 Å². The number of carbonyl (C=O) groups excluding carboxylic acids is 2. The highest BCUT2D eigenvalue weighted by molar-refractivity contribution is 7.99. The third-order valence-corrected chi connectivity index (χ3v) is 4.10. The molecule has 0 saturated heterocycles. The molecule has 12 heteroatoms. The number of aromatic nitrogens is 4. The first kappa shape index (κ1) is 20.7. The lowest BCUT2D eigenvalue weighted by Crippen LogP contribution is -2.36. The largest absolute Gasteiger partial charge is 0.455 e. The number of carbonyl (C=O) groups is 2. The zero-order chi connectivity index (χ0) is 20.0. The second-order valence-electron chi connectivity index (χ2n) is 5.50. The van der Waals surface area contributed by atoms with E-state index in [0.29, 0.717) is 5.16 Å². The van der Waals surface area contributed by atoms with Crippen LogP contribution in [0.25, 0.3) is 5.69 Å². The number of tetrazole rings is 1. The van der Waals surface area contributed by atoms with Crippen LogP contribution in [-0.4, -0.2) is 57.2 Å². The van der Waals surface area contributed by atoms with Crippen LogP contribution >= 0.6 is 11.8 Å². The van der Waals surface area contributed by atoms with Gasteiger partial charge < -0.3 is 10.1 Å². The Morgan fingerprint density at radius 1 is 1.30 bits per heavy atom. The van der Waals surface area contributed by atoms with E-state index < -0.39 is 31.2 Å². The van der Waals surface area contributed by atoms with Crippen molar-refractivity contribution in [3.8, 4) is 5.69 Å². The van der Waals surface area contributed by atoms with Crippen LogP contribution in [0.4, 0.5) is 13.2 Å². The summed E-state index contributed by atoms with van der Waals surface area (Å²) in [6.07, 6.45) is -4.53. The van der Waals surface area contributed by atoms with Crippen LogP contribution in [0.2, 0.25) is 0 Å². The van der Waals surface area contributed by atoms with Crippen molar-refractivity contribution in [3.63, 3.8) is 0 Å². The second kappa shape index (κ2) is 8.84. The van der Waals surface area contributed by atoms with Crippen molar-refractivity contribution in [3.05, 3.63) is 29.3 Å². The SMILES string of the molecule is Cc1ccc(C)c(-n2nnnc2SCC(=O)OCC(=O)NCC(F)(F)F)c1. The van der Waals surface area contributed by atoms with Gasteiger partial charge in [-0.1, -0.05) is 23.9 Å². The average molecular weight is 403 g/mol. The van der Waals surface area contributed by atoms with Crippen molar-refractivity contribution in [2.24, 2.45) is 0 Å². The molecular weight excluding hydrogens is 387 g/mol. The molecule has 0 aliphatic rings. The number of halogens is 3. The molecule has 1 heterocycles. The smallest absolute Gasteiger partial charge is 0.405 e. The van der Waals surface area contributed by atoms with Crippen molar-refractivity contribution in [2.45, 2.75) is 25.2 Å². The summed E-state index contributed by atoms with van der Waals surface area (Å²) < 4.78 is 42.0. The molecule has 1 aromatic heterocycles. The highest BCUT2D eigenvalue weighted by atomic mass is 32.2. The van der Waals surface area contributed by atoms with Crippen LogP contribution in [0.3, 0.4) is 0 Å². The minimum absolute atomic E-state index is 0.211. The molecule has 0 radical (unpaired) electrons. The number of esters is 1. The normalized spacial score (nSPS) is 11.3. The van der Waals surface area contributed by atoms with Gasteiger partial charge in [0, 0.05) is 0 Å². The molecular formula is C15H16F3N5O3S. The predicted molar refractivity (Wildman–Crippen MR) is 89.4 cm³/mol. The number of rotatable bonds is 7. The molecule has 2 rings (SSSR count). The minimum atomic E-state index is -4.53. The number of thioether (sulfide) groups is 1. The molecule has 27 heavy (non-hydrogen) atoms. The van der Waals surface area contributed by atoms with E-state index in [0.717, 1.165) is 28.6 Å². The van der Waals surface area contributed by atoms with E-state index >= 15 is 0 Å². The first-order chi connectivity index (χ1) is 12.7. The molecule has 8 nitrogen and oxygen atoms in total. The first-order valence-electron chi connectivity index (χ1n) is 7.63. The lowest BCUT2D eigenvalue weighted by molar-refractivity contribution is -0.149. The van der Waals surface area contributed by atoms with Gasteiger partial charge in [0.2, 0.25) is 5.16 Å². The molecule has 0 atom stereocenters.